The van der Waals surface area contributed by atoms with Gasteiger partial charge in [-0.2, -0.15) is 0 Å². The molecule has 1 aromatic heterocycles. The van der Waals surface area contributed by atoms with Crippen molar-refractivity contribution in [3.63, 3.8) is 0 Å². The molecule has 2 fully saturated rings. The van der Waals surface area contributed by atoms with Gasteiger partial charge in [-0.3, -0.25) is 4.79 Å². The number of likely N-dealkylation sites (tertiary alicyclic amines) is 2. The minimum absolute atomic E-state index is 0.257. The second-order valence-corrected chi connectivity index (χ2v) is 6.70. The summed E-state index contributed by atoms with van der Waals surface area (Å²) in [5.74, 6) is 2.33. The largest absolute Gasteiger partial charge is 0.342 e. The Morgan fingerprint density at radius 2 is 1.86 bits per heavy atom. The molecule has 0 N–H and O–H groups in total. The molecule has 0 radical (unpaired) electrons. The quantitative estimate of drug-likeness (QED) is 0.856. The van der Waals surface area contributed by atoms with Crippen LogP contribution in [-0.2, 0) is 11.8 Å². The molecule has 3 rings (SSSR count). The summed E-state index contributed by atoms with van der Waals surface area (Å²) in [5, 5.41) is 0. The van der Waals surface area contributed by atoms with Crippen molar-refractivity contribution in [1.82, 2.24) is 19.4 Å². The fraction of sp³-hybridized carbons (Fsp3) is 0.765. The second-order valence-electron chi connectivity index (χ2n) is 6.70. The van der Waals surface area contributed by atoms with E-state index < -0.39 is 0 Å². The Labute approximate surface area is 133 Å². The molecule has 122 valence electrons. The summed E-state index contributed by atoms with van der Waals surface area (Å²) in [5.41, 5.74) is 0. The van der Waals surface area contributed by atoms with Crippen molar-refractivity contribution in [1.29, 1.82) is 0 Å². The van der Waals surface area contributed by atoms with Crippen molar-refractivity contribution >= 4 is 5.91 Å². The SMILES string of the molecule is CCN1CCC(C(=O)N2CCC(c3nccn3C)CC2)CC1. The molecule has 0 aliphatic carbocycles. The van der Waals surface area contributed by atoms with Crippen molar-refractivity contribution in [3.8, 4) is 0 Å². The number of hydrogen-bond donors (Lipinski definition) is 0. The Morgan fingerprint density at radius 3 is 2.41 bits per heavy atom. The molecule has 22 heavy (non-hydrogen) atoms. The first-order chi connectivity index (χ1) is 10.7. The molecule has 5 heteroatoms. The number of nitrogens with zero attached hydrogens (tertiary/aromatic N) is 4. The first kappa shape index (κ1) is 15.5. The fourth-order valence-electron chi connectivity index (χ4n) is 3.88. The number of aryl methyl sites for hydroxylation is 1. The third-order valence-electron chi connectivity index (χ3n) is 5.41. The molecule has 0 aromatic carbocycles. The van der Waals surface area contributed by atoms with Gasteiger partial charge in [0, 0.05) is 44.4 Å². The van der Waals surface area contributed by atoms with Crippen LogP contribution in [0.25, 0.3) is 0 Å². The Morgan fingerprint density at radius 1 is 1.18 bits per heavy atom. The van der Waals surface area contributed by atoms with Crippen LogP contribution in [0.15, 0.2) is 12.4 Å². The van der Waals surface area contributed by atoms with Crippen molar-refractivity contribution in [2.75, 3.05) is 32.7 Å². The van der Waals surface area contributed by atoms with Gasteiger partial charge in [0.15, 0.2) is 0 Å². The number of carbonyl (C=O) groups is 1. The number of rotatable bonds is 3. The smallest absolute Gasteiger partial charge is 0.225 e. The second kappa shape index (κ2) is 6.82. The van der Waals surface area contributed by atoms with E-state index in [1.165, 1.54) is 5.82 Å². The Balaban J connectivity index is 1.51. The van der Waals surface area contributed by atoms with Crippen LogP contribution in [0.2, 0.25) is 0 Å². The van der Waals surface area contributed by atoms with Crippen molar-refractivity contribution < 1.29 is 4.79 Å². The summed E-state index contributed by atoms with van der Waals surface area (Å²) in [7, 11) is 2.06. The first-order valence-corrected chi connectivity index (χ1v) is 8.67. The minimum atomic E-state index is 0.257. The van der Waals surface area contributed by atoms with Gasteiger partial charge in [0.05, 0.1) is 0 Å². The topological polar surface area (TPSA) is 41.4 Å². The lowest BCUT2D eigenvalue weighted by Gasteiger charge is -2.37. The number of imidazole rings is 1. The highest BCUT2D eigenvalue weighted by atomic mass is 16.2. The monoisotopic (exact) mass is 304 g/mol. The van der Waals surface area contributed by atoms with Gasteiger partial charge in [0.25, 0.3) is 0 Å². The van der Waals surface area contributed by atoms with Gasteiger partial charge in [0.1, 0.15) is 5.82 Å². The highest BCUT2D eigenvalue weighted by Gasteiger charge is 2.31. The van der Waals surface area contributed by atoms with E-state index in [0.717, 1.165) is 58.4 Å². The van der Waals surface area contributed by atoms with Gasteiger partial charge in [-0.05, 0) is 45.3 Å². The highest BCUT2D eigenvalue weighted by Crippen LogP contribution is 2.28. The normalized spacial score (nSPS) is 22.2. The summed E-state index contributed by atoms with van der Waals surface area (Å²) in [6.07, 6.45) is 8.04. The van der Waals surface area contributed by atoms with Crippen LogP contribution in [0, 0.1) is 5.92 Å². The van der Waals surface area contributed by atoms with Crippen LogP contribution in [-0.4, -0.2) is 58.0 Å². The molecule has 0 unspecified atom stereocenters. The molecule has 2 aliphatic heterocycles. The molecule has 2 saturated heterocycles. The van der Waals surface area contributed by atoms with E-state index in [1.807, 2.05) is 12.4 Å². The summed E-state index contributed by atoms with van der Waals surface area (Å²) in [6.45, 7) is 7.25. The number of carbonyl (C=O) groups excluding carboxylic acids is 1. The molecule has 0 saturated carbocycles. The van der Waals surface area contributed by atoms with Crippen LogP contribution in [0.3, 0.4) is 0 Å². The number of amides is 1. The lowest BCUT2D eigenvalue weighted by atomic mass is 9.91. The zero-order valence-corrected chi connectivity index (χ0v) is 13.9. The van der Waals surface area contributed by atoms with E-state index in [0.29, 0.717) is 11.8 Å². The predicted molar refractivity (Wildman–Crippen MR) is 86.6 cm³/mol. The van der Waals surface area contributed by atoms with Crippen LogP contribution < -0.4 is 0 Å². The standard InChI is InChI=1S/C17H28N4O/c1-3-20-9-4-15(5-10-20)17(22)21-11-6-14(7-12-21)16-18-8-13-19(16)2/h8,13-15H,3-7,9-12H2,1-2H3. The maximum absolute atomic E-state index is 12.7. The summed E-state index contributed by atoms with van der Waals surface area (Å²) in [6, 6.07) is 0. The third-order valence-corrected chi connectivity index (χ3v) is 5.41. The number of piperidine rings is 2. The average Bonchev–Trinajstić information content (AvgIpc) is 3.00. The molecule has 0 spiro atoms. The Hall–Kier alpha value is -1.36. The van der Waals surface area contributed by atoms with E-state index in [1.54, 1.807) is 0 Å². The summed E-state index contributed by atoms with van der Waals surface area (Å²) in [4.78, 5) is 21.7. The van der Waals surface area contributed by atoms with E-state index in [4.69, 9.17) is 0 Å². The molecule has 5 nitrogen and oxygen atoms in total. The van der Waals surface area contributed by atoms with E-state index in [-0.39, 0.29) is 5.92 Å². The predicted octanol–water partition coefficient (Wildman–Crippen LogP) is 1.86. The van der Waals surface area contributed by atoms with E-state index >= 15 is 0 Å². The van der Waals surface area contributed by atoms with Crippen molar-refractivity contribution in [2.24, 2.45) is 13.0 Å². The number of aromatic nitrogens is 2. The lowest BCUT2D eigenvalue weighted by molar-refractivity contribution is -0.138. The maximum atomic E-state index is 12.7. The van der Waals surface area contributed by atoms with Crippen molar-refractivity contribution in [3.05, 3.63) is 18.2 Å². The van der Waals surface area contributed by atoms with Crippen molar-refractivity contribution in [2.45, 2.75) is 38.5 Å². The molecular formula is C17H28N4O. The zero-order chi connectivity index (χ0) is 15.5. The van der Waals surface area contributed by atoms with E-state index in [9.17, 15) is 4.79 Å². The first-order valence-electron chi connectivity index (χ1n) is 8.67. The van der Waals surface area contributed by atoms with Gasteiger partial charge in [-0.25, -0.2) is 4.98 Å². The third kappa shape index (κ3) is 3.19. The zero-order valence-electron chi connectivity index (χ0n) is 13.9. The summed E-state index contributed by atoms with van der Waals surface area (Å²) < 4.78 is 2.11. The molecule has 0 bridgehead atoms. The maximum Gasteiger partial charge on any atom is 0.225 e. The minimum Gasteiger partial charge on any atom is -0.342 e. The number of hydrogen-bond acceptors (Lipinski definition) is 3. The van der Waals surface area contributed by atoms with Gasteiger partial charge >= 0.3 is 0 Å². The van der Waals surface area contributed by atoms with Crippen LogP contribution >= 0.6 is 0 Å². The molecule has 1 amide bonds. The lowest BCUT2D eigenvalue weighted by Crippen LogP contribution is -2.45. The van der Waals surface area contributed by atoms with Gasteiger partial charge < -0.3 is 14.4 Å². The fourth-order valence-corrected chi connectivity index (χ4v) is 3.88. The van der Waals surface area contributed by atoms with Crippen LogP contribution in [0.1, 0.15) is 44.3 Å². The highest BCUT2D eigenvalue weighted by molar-refractivity contribution is 5.79. The average molecular weight is 304 g/mol. The Bertz CT molecular complexity index is 497. The van der Waals surface area contributed by atoms with Crippen LogP contribution in [0.4, 0.5) is 0 Å². The summed E-state index contributed by atoms with van der Waals surface area (Å²) >= 11 is 0. The van der Waals surface area contributed by atoms with E-state index in [2.05, 4.69) is 33.3 Å². The van der Waals surface area contributed by atoms with Gasteiger partial charge in [-0.1, -0.05) is 6.92 Å². The van der Waals surface area contributed by atoms with Gasteiger partial charge in [-0.15, -0.1) is 0 Å². The molecule has 1 aromatic rings. The molecule has 3 heterocycles. The molecular weight excluding hydrogens is 276 g/mol. The van der Waals surface area contributed by atoms with Crippen LogP contribution in [0.5, 0.6) is 0 Å². The van der Waals surface area contributed by atoms with Gasteiger partial charge in [0.2, 0.25) is 5.91 Å². The molecule has 2 aliphatic rings. The Kier molecular flexibility index (Phi) is 4.81. The molecule has 0 atom stereocenters.